The maximum absolute atomic E-state index is 12.1. The van der Waals surface area contributed by atoms with Crippen LogP contribution in [-0.4, -0.2) is 30.8 Å². The van der Waals surface area contributed by atoms with Crippen LogP contribution in [0.1, 0.15) is 11.4 Å². The zero-order valence-electron chi connectivity index (χ0n) is 15.1. The number of fused-ring (bicyclic) bond motifs is 1. The molecule has 0 spiro atoms. The van der Waals surface area contributed by atoms with Crippen molar-refractivity contribution in [2.24, 2.45) is 0 Å². The van der Waals surface area contributed by atoms with Crippen LogP contribution in [0.5, 0.6) is 0 Å². The van der Waals surface area contributed by atoms with Gasteiger partial charge in [-0.1, -0.05) is 6.07 Å². The molecule has 1 atom stereocenters. The van der Waals surface area contributed by atoms with Gasteiger partial charge < -0.3 is 9.55 Å². The van der Waals surface area contributed by atoms with Crippen LogP contribution in [0.2, 0.25) is 0 Å². The number of hydrogen-bond donors (Lipinski definition) is 2. The molecular weight excluding hydrogens is 426 g/mol. The normalized spacial score (nSPS) is 12.6. The maximum Gasteiger partial charge on any atom is 0.178 e. The predicted molar refractivity (Wildman–Crippen MR) is 111 cm³/mol. The van der Waals surface area contributed by atoms with Crippen LogP contribution in [0.3, 0.4) is 0 Å². The predicted octanol–water partition coefficient (Wildman–Crippen LogP) is 4.04. The monoisotopic (exact) mass is 443 g/mol. The number of nitrogens with one attached hydrogen (secondary N) is 2. The van der Waals surface area contributed by atoms with E-state index in [2.05, 4.69) is 60.1 Å². The summed E-state index contributed by atoms with van der Waals surface area (Å²) in [6.45, 7) is 4.11. The highest BCUT2D eigenvalue weighted by Crippen LogP contribution is 2.29. The fourth-order valence-electron chi connectivity index (χ4n) is 3.26. The van der Waals surface area contributed by atoms with E-state index in [-0.39, 0.29) is 0 Å². The van der Waals surface area contributed by atoms with Gasteiger partial charge in [-0.05, 0) is 67.2 Å². The van der Waals surface area contributed by atoms with E-state index in [4.69, 9.17) is 0 Å². The highest BCUT2D eigenvalue weighted by atomic mass is 79.9. The van der Waals surface area contributed by atoms with Crippen LogP contribution in [0, 0.1) is 13.8 Å². The molecule has 0 aliphatic rings. The van der Waals surface area contributed by atoms with Crippen LogP contribution in [0.15, 0.2) is 52.0 Å². The number of aryl methyl sites for hydroxylation is 1. The average molecular weight is 444 g/mol. The first-order chi connectivity index (χ1) is 13.0. The Kier molecular flexibility index (Phi) is 4.71. The molecule has 138 valence electrons. The summed E-state index contributed by atoms with van der Waals surface area (Å²) in [5, 5.41) is 0. The Bertz CT molecular complexity index is 1180. The number of benzene rings is 1. The first-order valence-corrected chi connectivity index (χ1v) is 10.3. The Hall–Kier alpha value is -2.29. The maximum atomic E-state index is 12.1. The van der Waals surface area contributed by atoms with Crippen molar-refractivity contribution in [2.75, 3.05) is 7.05 Å². The van der Waals surface area contributed by atoms with E-state index in [1.807, 2.05) is 30.3 Å². The third-order valence-electron chi connectivity index (χ3n) is 4.47. The van der Waals surface area contributed by atoms with Gasteiger partial charge in [-0.15, -0.1) is 0 Å². The summed E-state index contributed by atoms with van der Waals surface area (Å²) in [6, 6.07) is 11.8. The number of hydrogen-bond acceptors (Lipinski definition) is 3. The lowest BCUT2D eigenvalue weighted by atomic mass is 10.2. The summed E-state index contributed by atoms with van der Waals surface area (Å²) in [7, 11) is 0.457. The number of aromatic amines is 1. The molecule has 1 unspecified atom stereocenters. The van der Waals surface area contributed by atoms with Crippen LogP contribution < -0.4 is 4.72 Å². The van der Waals surface area contributed by atoms with Gasteiger partial charge in [0.05, 0.1) is 10.4 Å². The first kappa shape index (κ1) is 18.1. The van der Waals surface area contributed by atoms with Gasteiger partial charge in [0.15, 0.2) is 5.65 Å². The van der Waals surface area contributed by atoms with Crippen molar-refractivity contribution < 1.29 is 4.21 Å². The van der Waals surface area contributed by atoms with E-state index < -0.39 is 11.0 Å². The van der Waals surface area contributed by atoms with Gasteiger partial charge in [-0.2, -0.15) is 0 Å². The summed E-state index contributed by atoms with van der Waals surface area (Å²) >= 11 is 3.44. The lowest BCUT2D eigenvalue weighted by molar-refractivity contribution is 0.678. The molecule has 1 aromatic carbocycles. The minimum absolute atomic E-state index is 0.685. The minimum atomic E-state index is -1.22. The third-order valence-corrected chi connectivity index (χ3v) is 5.95. The van der Waals surface area contributed by atoms with Crippen molar-refractivity contribution in [3.8, 4) is 17.1 Å². The minimum Gasteiger partial charge on any atom is -0.336 e. The molecular formula is C19H18BrN5OS. The molecule has 27 heavy (non-hydrogen) atoms. The molecule has 0 aliphatic heterocycles. The lowest BCUT2D eigenvalue weighted by Crippen LogP contribution is -2.11. The second kappa shape index (κ2) is 7.03. The second-order valence-corrected chi connectivity index (χ2v) is 8.53. The van der Waals surface area contributed by atoms with Crippen LogP contribution >= 0.6 is 15.9 Å². The van der Waals surface area contributed by atoms with Gasteiger partial charge in [0.1, 0.15) is 16.8 Å². The molecule has 0 bridgehead atoms. The van der Waals surface area contributed by atoms with E-state index in [0.29, 0.717) is 5.65 Å². The van der Waals surface area contributed by atoms with Crippen molar-refractivity contribution in [2.45, 2.75) is 18.7 Å². The van der Waals surface area contributed by atoms with Gasteiger partial charge in [-0.25, -0.2) is 18.9 Å². The number of halogens is 1. The SMILES string of the molecule is CNS(=O)c1cccc(-n2c(C)cc(-c3nc4ncc(Br)cc4[nH]3)c2C)c1. The average Bonchev–Trinajstić information content (AvgIpc) is 3.20. The molecule has 0 aliphatic carbocycles. The smallest absolute Gasteiger partial charge is 0.178 e. The van der Waals surface area contributed by atoms with Gasteiger partial charge in [0.25, 0.3) is 0 Å². The van der Waals surface area contributed by atoms with Gasteiger partial charge >= 0.3 is 0 Å². The topological polar surface area (TPSA) is 75.6 Å². The van der Waals surface area contributed by atoms with E-state index in [1.54, 1.807) is 13.2 Å². The Morgan fingerprint density at radius 3 is 2.81 bits per heavy atom. The Morgan fingerprint density at radius 1 is 1.22 bits per heavy atom. The van der Waals surface area contributed by atoms with Crippen molar-refractivity contribution in [3.63, 3.8) is 0 Å². The summed E-state index contributed by atoms with van der Waals surface area (Å²) in [6.07, 6.45) is 1.74. The quantitative estimate of drug-likeness (QED) is 0.499. The van der Waals surface area contributed by atoms with Crippen molar-refractivity contribution in [1.29, 1.82) is 0 Å². The molecule has 0 saturated heterocycles. The molecule has 0 fully saturated rings. The van der Waals surface area contributed by atoms with Gasteiger partial charge in [0, 0.05) is 33.3 Å². The fraction of sp³-hybridized carbons (Fsp3) is 0.158. The van der Waals surface area contributed by atoms with Gasteiger partial charge in [-0.3, -0.25) is 0 Å². The summed E-state index contributed by atoms with van der Waals surface area (Å²) < 4.78 is 17.9. The molecule has 2 N–H and O–H groups in total. The third kappa shape index (κ3) is 3.24. The number of aromatic nitrogens is 4. The molecule has 8 heteroatoms. The largest absolute Gasteiger partial charge is 0.336 e. The molecule has 0 radical (unpaired) electrons. The highest BCUT2D eigenvalue weighted by Gasteiger charge is 2.16. The number of rotatable bonds is 4. The molecule has 4 rings (SSSR count). The van der Waals surface area contributed by atoms with E-state index in [0.717, 1.165) is 43.3 Å². The number of nitrogens with zero attached hydrogens (tertiary/aromatic N) is 3. The zero-order chi connectivity index (χ0) is 19.1. The molecule has 6 nitrogen and oxygen atoms in total. The van der Waals surface area contributed by atoms with Crippen molar-refractivity contribution in [3.05, 3.63) is 58.5 Å². The van der Waals surface area contributed by atoms with Crippen LogP contribution in [-0.2, 0) is 11.0 Å². The van der Waals surface area contributed by atoms with Crippen molar-refractivity contribution in [1.82, 2.24) is 24.2 Å². The van der Waals surface area contributed by atoms with Crippen molar-refractivity contribution >= 4 is 38.1 Å². The van der Waals surface area contributed by atoms with Crippen LogP contribution in [0.4, 0.5) is 0 Å². The Morgan fingerprint density at radius 2 is 2.04 bits per heavy atom. The summed E-state index contributed by atoms with van der Waals surface area (Å²) in [4.78, 5) is 13.1. The summed E-state index contributed by atoms with van der Waals surface area (Å²) in [5.41, 5.74) is 5.68. The number of H-pyrrole nitrogens is 1. The fourth-order valence-corrected chi connectivity index (χ4v) is 4.25. The molecule has 3 aromatic heterocycles. The van der Waals surface area contributed by atoms with E-state index in [1.165, 1.54) is 0 Å². The summed E-state index contributed by atoms with van der Waals surface area (Å²) in [5.74, 6) is 0.782. The van der Waals surface area contributed by atoms with Gasteiger partial charge in [0.2, 0.25) is 0 Å². The zero-order valence-corrected chi connectivity index (χ0v) is 17.5. The Labute approximate surface area is 167 Å². The highest BCUT2D eigenvalue weighted by molar-refractivity contribution is 9.10. The number of pyridine rings is 1. The Balaban J connectivity index is 1.83. The van der Waals surface area contributed by atoms with Crippen LogP contribution in [0.25, 0.3) is 28.2 Å². The molecule has 4 aromatic rings. The molecule has 0 saturated carbocycles. The lowest BCUT2D eigenvalue weighted by Gasteiger charge is -2.11. The molecule has 3 heterocycles. The van der Waals surface area contributed by atoms with E-state index >= 15 is 0 Å². The second-order valence-electron chi connectivity index (χ2n) is 6.20. The first-order valence-electron chi connectivity index (χ1n) is 8.38. The standard InChI is InChI=1S/C19H18BrN5OS/c1-11-7-16(18-23-17-8-13(20)10-22-19(17)24-18)12(2)25(11)14-5-4-6-15(9-14)27(26)21-3/h4-10,21H,1-3H3,(H,22,23,24). The molecule has 0 amide bonds. The van der Waals surface area contributed by atoms with E-state index in [9.17, 15) is 4.21 Å². The number of imidazole rings is 1.